The molecule has 1 aliphatic carbocycles. The molecule has 1 fully saturated rings. The molecule has 0 radical (unpaired) electrons. The lowest BCUT2D eigenvalue weighted by molar-refractivity contribution is 0.304. The maximum atomic E-state index is 13.0. The van der Waals surface area contributed by atoms with Crippen LogP contribution in [0.1, 0.15) is 50.8 Å². The SMILES string of the molecule is CC(C)CCN(C1CCCC1)S(=O)(=O)c1ccsc1CCl. The Morgan fingerprint density at radius 1 is 1.38 bits per heavy atom. The standard InChI is InChI=1S/C15H24ClNO2S2/c1-12(2)7-9-17(13-5-3-4-6-13)21(18,19)15-8-10-20-14(15)11-16/h8,10,12-13H,3-7,9,11H2,1-2H3. The third-order valence-electron chi connectivity index (χ3n) is 4.07. The molecule has 2 rings (SSSR count). The monoisotopic (exact) mass is 349 g/mol. The molecule has 1 aromatic heterocycles. The fourth-order valence-electron chi connectivity index (χ4n) is 2.86. The number of hydrogen-bond donors (Lipinski definition) is 0. The van der Waals surface area contributed by atoms with Crippen LogP contribution in [0.25, 0.3) is 0 Å². The molecule has 0 amide bonds. The summed E-state index contributed by atoms with van der Waals surface area (Å²) in [7, 11) is -3.42. The Hall–Kier alpha value is -0.100. The Kier molecular flexibility index (Phi) is 6.12. The summed E-state index contributed by atoms with van der Waals surface area (Å²) >= 11 is 7.32. The maximum absolute atomic E-state index is 13.0. The van der Waals surface area contributed by atoms with Gasteiger partial charge in [0.2, 0.25) is 10.0 Å². The normalized spacial score (nSPS) is 17.2. The first-order valence-corrected chi connectivity index (χ1v) is 10.5. The minimum atomic E-state index is -3.42. The summed E-state index contributed by atoms with van der Waals surface area (Å²) < 4.78 is 27.8. The minimum absolute atomic E-state index is 0.164. The molecule has 3 nitrogen and oxygen atoms in total. The summed E-state index contributed by atoms with van der Waals surface area (Å²) in [6.07, 6.45) is 5.13. The molecule has 0 bridgehead atoms. The van der Waals surface area contributed by atoms with Gasteiger partial charge < -0.3 is 0 Å². The molecule has 120 valence electrons. The van der Waals surface area contributed by atoms with E-state index in [1.807, 2.05) is 5.38 Å². The van der Waals surface area contributed by atoms with Crippen LogP contribution < -0.4 is 0 Å². The first-order valence-electron chi connectivity index (χ1n) is 7.61. The summed E-state index contributed by atoms with van der Waals surface area (Å²) in [6, 6.07) is 1.87. The Labute approximate surface area is 137 Å². The molecule has 1 aromatic rings. The summed E-state index contributed by atoms with van der Waals surface area (Å²) in [5.74, 6) is 0.758. The molecule has 0 aliphatic heterocycles. The lowest BCUT2D eigenvalue weighted by Crippen LogP contribution is -2.40. The van der Waals surface area contributed by atoms with Gasteiger partial charge in [0.1, 0.15) is 0 Å². The molecule has 1 aliphatic rings. The van der Waals surface area contributed by atoms with Crippen LogP contribution in [0.3, 0.4) is 0 Å². The van der Waals surface area contributed by atoms with Crippen LogP contribution in [0, 0.1) is 5.92 Å². The van der Waals surface area contributed by atoms with Crippen LogP contribution in [0.2, 0.25) is 0 Å². The van der Waals surface area contributed by atoms with Crippen molar-refractivity contribution >= 4 is 33.0 Å². The summed E-state index contributed by atoms with van der Waals surface area (Å²) in [4.78, 5) is 1.17. The molecule has 21 heavy (non-hydrogen) atoms. The van der Waals surface area contributed by atoms with Crippen molar-refractivity contribution in [3.63, 3.8) is 0 Å². The number of halogens is 1. The summed E-state index contributed by atoms with van der Waals surface area (Å²) in [5.41, 5.74) is 0. The number of sulfonamides is 1. The van der Waals surface area contributed by atoms with E-state index < -0.39 is 10.0 Å². The quantitative estimate of drug-likeness (QED) is 0.681. The van der Waals surface area contributed by atoms with Gasteiger partial charge in [-0.25, -0.2) is 8.42 Å². The van der Waals surface area contributed by atoms with Gasteiger partial charge in [-0.15, -0.1) is 22.9 Å². The molecule has 0 aromatic carbocycles. The molecule has 1 heterocycles. The van der Waals surface area contributed by atoms with Crippen molar-refractivity contribution in [3.05, 3.63) is 16.3 Å². The van der Waals surface area contributed by atoms with Crippen molar-refractivity contribution in [1.82, 2.24) is 4.31 Å². The van der Waals surface area contributed by atoms with Crippen LogP contribution in [0.4, 0.5) is 0 Å². The highest BCUT2D eigenvalue weighted by Gasteiger charge is 2.34. The van der Waals surface area contributed by atoms with Gasteiger partial charge in [0.05, 0.1) is 10.8 Å². The molecular weight excluding hydrogens is 326 g/mol. The van der Waals surface area contributed by atoms with Gasteiger partial charge in [-0.2, -0.15) is 4.31 Å². The molecule has 6 heteroatoms. The van der Waals surface area contributed by atoms with E-state index in [1.165, 1.54) is 11.3 Å². The van der Waals surface area contributed by atoms with Crippen LogP contribution in [-0.2, 0) is 15.9 Å². The predicted molar refractivity (Wildman–Crippen MR) is 89.5 cm³/mol. The summed E-state index contributed by atoms with van der Waals surface area (Å²) in [6.45, 7) is 4.88. The molecule has 0 atom stereocenters. The zero-order valence-corrected chi connectivity index (χ0v) is 15.1. The first-order chi connectivity index (χ1) is 9.96. The van der Waals surface area contributed by atoms with Crippen LogP contribution in [0.5, 0.6) is 0 Å². The molecule has 0 spiro atoms. The third kappa shape index (κ3) is 4.01. The van der Waals surface area contributed by atoms with Gasteiger partial charge in [-0.05, 0) is 36.6 Å². The second kappa shape index (κ2) is 7.44. The lowest BCUT2D eigenvalue weighted by atomic mass is 10.1. The topological polar surface area (TPSA) is 37.4 Å². The van der Waals surface area contributed by atoms with E-state index in [1.54, 1.807) is 10.4 Å². The fraction of sp³-hybridized carbons (Fsp3) is 0.733. The van der Waals surface area contributed by atoms with Gasteiger partial charge in [-0.3, -0.25) is 0 Å². The number of nitrogens with zero attached hydrogens (tertiary/aromatic N) is 1. The lowest BCUT2D eigenvalue weighted by Gasteiger charge is -2.28. The largest absolute Gasteiger partial charge is 0.244 e. The molecule has 1 saturated carbocycles. The van der Waals surface area contributed by atoms with E-state index in [9.17, 15) is 8.42 Å². The second-order valence-electron chi connectivity index (χ2n) is 6.08. The van der Waals surface area contributed by atoms with E-state index in [0.717, 1.165) is 37.0 Å². The van der Waals surface area contributed by atoms with Crippen molar-refractivity contribution in [2.24, 2.45) is 5.92 Å². The number of hydrogen-bond acceptors (Lipinski definition) is 3. The number of rotatable bonds is 7. The minimum Gasteiger partial charge on any atom is -0.207 e. The van der Waals surface area contributed by atoms with Crippen LogP contribution >= 0.6 is 22.9 Å². The highest BCUT2D eigenvalue weighted by Crippen LogP contribution is 2.32. The third-order valence-corrected chi connectivity index (χ3v) is 7.58. The van der Waals surface area contributed by atoms with Gasteiger partial charge in [0, 0.05) is 17.5 Å². The van der Waals surface area contributed by atoms with Crippen LogP contribution in [-0.4, -0.2) is 25.3 Å². The van der Waals surface area contributed by atoms with E-state index in [0.29, 0.717) is 17.4 Å². The molecule has 0 N–H and O–H groups in total. The van der Waals surface area contributed by atoms with E-state index >= 15 is 0 Å². The van der Waals surface area contributed by atoms with Gasteiger partial charge >= 0.3 is 0 Å². The highest BCUT2D eigenvalue weighted by atomic mass is 35.5. The van der Waals surface area contributed by atoms with E-state index in [2.05, 4.69) is 13.8 Å². The Morgan fingerprint density at radius 2 is 2.05 bits per heavy atom. The van der Waals surface area contributed by atoms with E-state index in [4.69, 9.17) is 11.6 Å². The maximum Gasteiger partial charge on any atom is 0.244 e. The molecule has 0 saturated heterocycles. The first kappa shape index (κ1) is 17.3. The van der Waals surface area contributed by atoms with Crippen molar-refractivity contribution in [1.29, 1.82) is 0 Å². The van der Waals surface area contributed by atoms with Crippen molar-refractivity contribution in [3.8, 4) is 0 Å². The Morgan fingerprint density at radius 3 is 2.62 bits per heavy atom. The number of alkyl halides is 1. The van der Waals surface area contributed by atoms with Gasteiger partial charge in [0.15, 0.2) is 0 Å². The predicted octanol–water partition coefficient (Wildman–Crippen LogP) is 4.47. The van der Waals surface area contributed by atoms with Crippen molar-refractivity contribution in [2.75, 3.05) is 6.54 Å². The second-order valence-corrected chi connectivity index (χ2v) is 9.21. The average Bonchev–Trinajstić information content (AvgIpc) is 3.09. The summed E-state index contributed by atoms with van der Waals surface area (Å²) in [5, 5.41) is 1.82. The fourth-order valence-corrected chi connectivity index (χ4v) is 6.23. The zero-order valence-electron chi connectivity index (χ0n) is 12.7. The number of thiophene rings is 1. The zero-order chi connectivity index (χ0) is 15.5. The van der Waals surface area contributed by atoms with Crippen molar-refractivity contribution in [2.45, 2.75) is 62.8 Å². The Balaban J connectivity index is 2.29. The van der Waals surface area contributed by atoms with Gasteiger partial charge in [0.25, 0.3) is 0 Å². The average molecular weight is 350 g/mol. The van der Waals surface area contributed by atoms with Crippen LogP contribution in [0.15, 0.2) is 16.3 Å². The highest BCUT2D eigenvalue weighted by molar-refractivity contribution is 7.89. The van der Waals surface area contributed by atoms with Gasteiger partial charge in [-0.1, -0.05) is 26.7 Å². The van der Waals surface area contributed by atoms with Crippen molar-refractivity contribution < 1.29 is 8.42 Å². The van der Waals surface area contributed by atoms with E-state index in [-0.39, 0.29) is 11.9 Å². The smallest absolute Gasteiger partial charge is 0.207 e. The Bertz CT molecular complexity index is 548. The molecular formula is C15H24ClNO2S2. The molecule has 0 unspecified atom stereocenters.